The van der Waals surface area contributed by atoms with Crippen LogP contribution in [0.15, 0.2) is 47.4 Å². The van der Waals surface area contributed by atoms with Crippen molar-refractivity contribution in [3.05, 3.63) is 63.1 Å². The molecule has 0 aromatic heterocycles. The van der Waals surface area contributed by atoms with Crippen LogP contribution in [0.4, 0.5) is 0 Å². The monoisotopic (exact) mass is 514 g/mol. The summed E-state index contributed by atoms with van der Waals surface area (Å²) in [5, 5.41) is 4.56. The molecule has 0 bridgehead atoms. The van der Waals surface area contributed by atoms with Crippen LogP contribution < -0.4 is 5.32 Å². The van der Waals surface area contributed by atoms with Gasteiger partial charge in [0.2, 0.25) is 11.8 Å². The maximum atomic E-state index is 13.3. The summed E-state index contributed by atoms with van der Waals surface area (Å²) in [6.07, 6.45) is 1.64. The second-order valence-electron chi connectivity index (χ2n) is 7.56. The predicted octanol–water partition coefficient (Wildman–Crippen LogP) is 6.85. The van der Waals surface area contributed by atoms with Crippen molar-refractivity contribution >= 4 is 58.4 Å². The largest absolute Gasteiger partial charge is 0.352 e. The predicted molar refractivity (Wildman–Crippen MR) is 136 cm³/mol. The topological polar surface area (TPSA) is 49.4 Å². The highest BCUT2D eigenvalue weighted by atomic mass is 35.5. The number of halogens is 3. The Morgan fingerprint density at radius 3 is 2.28 bits per heavy atom. The van der Waals surface area contributed by atoms with Crippen LogP contribution in [0.5, 0.6) is 0 Å². The lowest BCUT2D eigenvalue weighted by Crippen LogP contribution is -2.50. The number of nitrogens with zero attached hydrogens (tertiary/aromatic N) is 1. The zero-order chi connectivity index (χ0) is 23.7. The molecule has 174 valence electrons. The van der Waals surface area contributed by atoms with Crippen molar-refractivity contribution in [1.82, 2.24) is 10.2 Å². The second-order valence-corrected chi connectivity index (χ2v) is 9.98. The smallest absolute Gasteiger partial charge is 0.243 e. The van der Waals surface area contributed by atoms with Crippen molar-refractivity contribution < 1.29 is 9.59 Å². The number of hydrogen-bond acceptors (Lipinski definition) is 3. The van der Waals surface area contributed by atoms with E-state index in [0.717, 1.165) is 16.9 Å². The van der Waals surface area contributed by atoms with Gasteiger partial charge >= 0.3 is 0 Å². The molecule has 0 aliphatic carbocycles. The van der Waals surface area contributed by atoms with Crippen LogP contribution in [0.2, 0.25) is 15.1 Å². The Morgan fingerprint density at radius 1 is 1.00 bits per heavy atom. The van der Waals surface area contributed by atoms with Crippen LogP contribution in [-0.4, -0.2) is 34.6 Å². The number of benzene rings is 2. The van der Waals surface area contributed by atoms with Gasteiger partial charge in [-0.2, -0.15) is 0 Å². The molecule has 0 aliphatic rings. The van der Waals surface area contributed by atoms with E-state index >= 15 is 0 Å². The Hall–Kier alpha value is -1.40. The third-order valence-electron chi connectivity index (χ3n) is 5.12. The van der Waals surface area contributed by atoms with Crippen LogP contribution in [-0.2, 0) is 16.1 Å². The minimum Gasteiger partial charge on any atom is -0.352 e. The molecule has 0 fully saturated rings. The first-order valence-corrected chi connectivity index (χ1v) is 12.8. The van der Waals surface area contributed by atoms with Crippen molar-refractivity contribution in [2.75, 3.05) is 5.75 Å². The van der Waals surface area contributed by atoms with Crippen molar-refractivity contribution in [3.8, 4) is 0 Å². The summed E-state index contributed by atoms with van der Waals surface area (Å²) >= 11 is 19.7. The average Bonchev–Trinajstić information content (AvgIpc) is 2.77. The normalized spacial score (nSPS) is 12.8. The van der Waals surface area contributed by atoms with Crippen LogP contribution in [0, 0.1) is 0 Å². The number of nitrogens with one attached hydrogen (secondary N) is 1. The second kappa shape index (κ2) is 13.3. The SMILES string of the molecule is CC[C@@H](C)NC(=O)[C@@H](CC)N(Cc1ccc(Cl)c(Cl)c1)C(=O)CCSc1ccc(Cl)cc1. The van der Waals surface area contributed by atoms with E-state index in [2.05, 4.69) is 5.32 Å². The standard InChI is InChI=1S/C24H29Cl3N2O2S/c1-4-16(3)28-24(31)22(5-2)29(15-17-6-11-20(26)21(27)14-17)23(30)12-13-32-19-9-7-18(25)8-10-19/h6-11,14,16,22H,4-5,12-13,15H2,1-3H3,(H,28,31)/t16-,22-/m1/s1. The lowest BCUT2D eigenvalue weighted by molar-refractivity contribution is -0.141. The third-order valence-corrected chi connectivity index (χ3v) is 7.13. The number of carbonyl (C=O) groups is 2. The van der Waals surface area contributed by atoms with Gasteiger partial charge in [-0.15, -0.1) is 11.8 Å². The Balaban J connectivity index is 2.16. The molecule has 0 saturated carbocycles. The molecular weight excluding hydrogens is 487 g/mol. The average molecular weight is 516 g/mol. The maximum absolute atomic E-state index is 13.3. The molecule has 0 heterocycles. The molecule has 2 aromatic rings. The molecule has 0 saturated heterocycles. The van der Waals surface area contributed by atoms with Gasteiger partial charge in [-0.3, -0.25) is 9.59 Å². The Morgan fingerprint density at radius 2 is 1.69 bits per heavy atom. The highest BCUT2D eigenvalue weighted by Crippen LogP contribution is 2.25. The van der Waals surface area contributed by atoms with Gasteiger partial charge < -0.3 is 10.2 Å². The van der Waals surface area contributed by atoms with Crippen LogP contribution >= 0.6 is 46.6 Å². The van der Waals surface area contributed by atoms with E-state index < -0.39 is 6.04 Å². The van der Waals surface area contributed by atoms with Crippen molar-refractivity contribution in [2.45, 2.75) is 63.6 Å². The van der Waals surface area contributed by atoms with Gasteiger partial charge in [0.25, 0.3) is 0 Å². The van der Waals surface area contributed by atoms with Crippen molar-refractivity contribution in [1.29, 1.82) is 0 Å². The first-order chi connectivity index (χ1) is 15.2. The van der Waals surface area contributed by atoms with Gasteiger partial charge in [0.15, 0.2) is 0 Å². The molecule has 2 amide bonds. The molecule has 4 nitrogen and oxygen atoms in total. The fraction of sp³-hybridized carbons (Fsp3) is 0.417. The van der Waals surface area contributed by atoms with E-state index in [1.807, 2.05) is 51.1 Å². The van der Waals surface area contributed by atoms with Gasteiger partial charge in [-0.1, -0.05) is 54.7 Å². The molecular formula is C24H29Cl3N2O2S. The van der Waals surface area contributed by atoms with E-state index in [-0.39, 0.29) is 24.4 Å². The molecule has 2 atom stereocenters. The number of amides is 2. The molecule has 0 radical (unpaired) electrons. The lowest BCUT2D eigenvalue weighted by atomic mass is 10.1. The molecule has 0 spiro atoms. The number of carbonyl (C=O) groups excluding carboxylic acids is 2. The van der Waals surface area contributed by atoms with Gasteiger partial charge in [0, 0.05) is 34.7 Å². The maximum Gasteiger partial charge on any atom is 0.243 e. The minimum absolute atomic E-state index is 0.0407. The van der Waals surface area contributed by atoms with E-state index in [4.69, 9.17) is 34.8 Å². The van der Waals surface area contributed by atoms with Crippen molar-refractivity contribution in [2.24, 2.45) is 0 Å². The summed E-state index contributed by atoms with van der Waals surface area (Å²) in [5.41, 5.74) is 0.827. The molecule has 0 unspecified atom stereocenters. The quantitative estimate of drug-likeness (QED) is 0.333. The molecule has 32 heavy (non-hydrogen) atoms. The third kappa shape index (κ3) is 8.18. The molecule has 1 N–H and O–H groups in total. The van der Waals surface area contributed by atoms with Gasteiger partial charge in [-0.05, 0) is 61.7 Å². The lowest BCUT2D eigenvalue weighted by Gasteiger charge is -2.31. The molecule has 8 heteroatoms. The van der Waals surface area contributed by atoms with Crippen LogP contribution in [0.1, 0.15) is 45.6 Å². The first-order valence-electron chi connectivity index (χ1n) is 10.7. The Labute approximate surface area is 210 Å². The van der Waals surface area contributed by atoms with Gasteiger partial charge in [-0.25, -0.2) is 0 Å². The zero-order valence-corrected chi connectivity index (χ0v) is 21.6. The molecule has 0 aliphatic heterocycles. The molecule has 2 aromatic carbocycles. The van der Waals surface area contributed by atoms with E-state index in [1.54, 1.807) is 28.8 Å². The highest BCUT2D eigenvalue weighted by molar-refractivity contribution is 7.99. The van der Waals surface area contributed by atoms with E-state index in [0.29, 0.717) is 33.7 Å². The molecule has 2 rings (SSSR count). The number of rotatable bonds is 11. The van der Waals surface area contributed by atoms with Gasteiger partial charge in [0.05, 0.1) is 10.0 Å². The van der Waals surface area contributed by atoms with Crippen LogP contribution in [0.3, 0.4) is 0 Å². The van der Waals surface area contributed by atoms with Gasteiger partial charge in [0.1, 0.15) is 6.04 Å². The van der Waals surface area contributed by atoms with Crippen molar-refractivity contribution in [3.63, 3.8) is 0 Å². The van der Waals surface area contributed by atoms with Crippen LogP contribution in [0.25, 0.3) is 0 Å². The fourth-order valence-electron chi connectivity index (χ4n) is 3.13. The summed E-state index contributed by atoms with van der Waals surface area (Å²) in [7, 11) is 0. The summed E-state index contributed by atoms with van der Waals surface area (Å²) < 4.78 is 0. The Bertz CT molecular complexity index is 909. The van der Waals surface area contributed by atoms with E-state index in [9.17, 15) is 9.59 Å². The number of hydrogen-bond donors (Lipinski definition) is 1. The summed E-state index contributed by atoms with van der Waals surface area (Å²) in [4.78, 5) is 28.9. The summed E-state index contributed by atoms with van der Waals surface area (Å²) in [5.74, 6) is 0.381. The zero-order valence-electron chi connectivity index (χ0n) is 18.5. The number of thioether (sulfide) groups is 1. The Kier molecular flexibility index (Phi) is 11.2. The summed E-state index contributed by atoms with van der Waals surface area (Å²) in [6, 6.07) is 12.3. The minimum atomic E-state index is -0.563. The summed E-state index contributed by atoms with van der Waals surface area (Å²) in [6.45, 7) is 6.17. The van der Waals surface area contributed by atoms with E-state index in [1.165, 1.54) is 0 Å². The fourth-order valence-corrected chi connectivity index (χ4v) is 4.41. The first kappa shape index (κ1) is 26.8. The highest BCUT2D eigenvalue weighted by Gasteiger charge is 2.29.